The predicted molar refractivity (Wildman–Crippen MR) is 81.9 cm³/mol. The first-order valence-electron chi connectivity index (χ1n) is 7.75. The number of aryl methyl sites for hydroxylation is 1. The van der Waals surface area contributed by atoms with E-state index < -0.39 is 29.5 Å². The summed E-state index contributed by atoms with van der Waals surface area (Å²) in [5.41, 5.74) is 5.33. The number of halogens is 1. The Balaban J connectivity index is 2.00. The molecule has 0 bridgehead atoms. The van der Waals surface area contributed by atoms with Crippen molar-refractivity contribution in [3.8, 4) is 5.75 Å². The van der Waals surface area contributed by atoms with E-state index in [0.29, 0.717) is 30.6 Å². The van der Waals surface area contributed by atoms with Crippen molar-refractivity contribution in [2.24, 2.45) is 5.73 Å². The third kappa shape index (κ3) is 2.68. The zero-order valence-corrected chi connectivity index (χ0v) is 12.9. The maximum absolute atomic E-state index is 12.4. The Morgan fingerprint density at radius 2 is 2.17 bits per heavy atom. The highest BCUT2D eigenvalue weighted by molar-refractivity contribution is 6.08. The Morgan fingerprint density at radius 3 is 2.79 bits per heavy atom. The fraction of sp³-hybridized carbons (Fsp3) is 0.438. The van der Waals surface area contributed by atoms with Crippen LogP contribution in [-0.4, -0.2) is 30.6 Å². The van der Waals surface area contributed by atoms with Crippen LogP contribution >= 0.6 is 0 Å². The van der Waals surface area contributed by atoms with Crippen molar-refractivity contribution < 1.29 is 23.5 Å². The number of benzene rings is 1. The Kier molecular flexibility index (Phi) is 4.13. The highest BCUT2D eigenvalue weighted by Crippen LogP contribution is 2.41. The number of hydrogen-bond acceptors (Lipinski definition) is 4. The van der Waals surface area contributed by atoms with Gasteiger partial charge in [-0.15, -0.1) is 0 Å². The van der Waals surface area contributed by atoms with Crippen molar-refractivity contribution in [3.63, 3.8) is 0 Å². The summed E-state index contributed by atoms with van der Waals surface area (Å²) in [6.07, 6.45) is 0.688. The van der Waals surface area contributed by atoms with Gasteiger partial charge >= 0.3 is 6.03 Å². The number of carbonyl (C=O) groups is 3. The molecule has 0 aromatic heterocycles. The van der Waals surface area contributed by atoms with Crippen LogP contribution in [0.25, 0.3) is 0 Å². The number of imide groups is 1. The normalized spacial score (nSPS) is 25.0. The van der Waals surface area contributed by atoms with Crippen LogP contribution in [-0.2, 0) is 21.5 Å². The minimum absolute atomic E-state index is 0.0686. The molecule has 0 radical (unpaired) electrons. The highest BCUT2D eigenvalue weighted by Gasteiger charge is 2.54. The lowest BCUT2D eigenvalue weighted by Gasteiger charge is -2.36. The molecule has 4 N–H and O–H groups in total. The van der Waals surface area contributed by atoms with Gasteiger partial charge in [-0.2, -0.15) is 0 Å². The number of nitrogens with two attached hydrogens (primary N) is 1. The number of carbonyl (C=O) groups excluding carboxylic acids is 3. The van der Waals surface area contributed by atoms with Crippen LogP contribution in [0.1, 0.15) is 30.4 Å². The van der Waals surface area contributed by atoms with Crippen LogP contribution in [0.2, 0.25) is 0 Å². The molecule has 1 fully saturated rings. The van der Waals surface area contributed by atoms with Gasteiger partial charge in [-0.05, 0) is 37.0 Å². The van der Waals surface area contributed by atoms with Crippen LogP contribution < -0.4 is 21.1 Å². The highest BCUT2D eigenvalue weighted by atomic mass is 19.1. The summed E-state index contributed by atoms with van der Waals surface area (Å²) in [7, 11) is 0. The summed E-state index contributed by atoms with van der Waals surface area (Å²) >= 11 is 0. The third-order valence-corrected chi connectivity index (χ3v) is 4.37. The SMILES string of the molecule is NC(=O)C1CC2(NC(=O)NC2=O)c2cc(CCCCF)ccc2O1. The van der Waals surface area contributed by atoms with Gasteiger partial charge in [0, 0.05) is 12.0 Å². The van der Waals surface area contributed by atoms with Gasteiger partial charge < -0.3 is 15.8 Å². The minimum Gasteiger partial charge on any atom is -0.480 e. The van der Waals surface area contributed by atoms with Crippen molar-refractivity contribution in [2.75, 3.05) is 6.67 Å². The Labute approximate surface area is 137 Å². The zero-order valence-electron chi connectivity index (χ0n) is 12.9. The number of hydrogen-bond donors (Lipinski definition) is 3. The van der Waals surface area contributed by atoms with Gasteiger partial charge in [-0.25, -0.2) is 4.79 Å². The van der Waals surface area contributed by atoms with E-state index in [2.05, 4.69) is 10.6 Å². The van der Waals surface area contributed by atoms with E-state index in [-0.39, 0.29) is 13.1 Å². The molecule has 7 nitrogen and oxygen atoms in total. The second-order valence-corrected chi connectivity index (χ2v) is 6.00. The lowest BCUT2D eigenvalue weighted by molar-refractivity contribution is -0.130. The van der Waals surface area contributed by atoms with Crippen molar-refractivity contribution in [3.05, 3.63) is 29.3 Å². The molecular formula is C16H18FN3O4. The first-order valence-corrected chi connectivity index (χ1v) is 7.75. The van der Waals surface area contributed by atoms with Gasteiger partial charge in [-0.1, -0.05) is 6.07 Å². The summed E-state index contributed by atoms with van der Waals surface area (Å²) in [4.78, 5) is 35.6. The molecule has 1 aromatic rings. The summed E-state index contributed by atoms with van der Waals surface area (Å²) in [6.45, 7) is -0.378. The molecule has 0 aliphatic carbocycles. The number of rotatable bonds is 5. The monoisotopic (exact) mass is 335 g/mol. The van der Waals surface area contributed by atoms with Crippen molar-refractivity contribution in [2.45, 2.75) is 37.3 Å². The molecule has 1 spiro atoms. The zero-order chi connectivity index (χ0) is 17.3. The molecule has 0 saturated carbocycles. The van der Waals surface area contributed by atoms with E-state index in [4.69, 9.17) is 10.5 Å². The quantitative estimate of drug-likeness (QED) is 0.542. The van der Waals surface area contributed by atoms with E-state index in [1.807, 2.05) is 0 Å². The van der Waals surface area contributed by atoms with Gasteiger partial charge in [-0.3, -0.25) is 19.3 Å². The van der Waals surface area contributed by atoms with Crippen LogP contribution in [0.3, 0.4) is 0 Å². The Hall–Kier alpha value is -2.64. The molecule has 3 rings (SSSR count). The molecule has 24 heavy (non-hydrogen) atoms. The van der Waals surface area contributed by atoms with E-state index in [1.54, 1.807) is 18.2 Å². The van der Waals surface area contributed by atoms with E-state index >= 15 is 0 Å². The number of unbranched alkanes of at least 4 members (excludes halogenated alkanes) is 1. The van der Waals surface area contributed by atoms with Crippen molar-refractivity contribution >= 4 is 17.8 Å². The Bertz CT molecular complexity index is 709. The molecule has 1 aromatic carbocycles. The first-order chi connectivity index (χ1) is 11.5. The third-order valence-electron chi connectivity index (χ3n) is 4.37. The summed E-state index contributed by atoms with van der Waals surface area (Å²) < 4.78 is 17.8. The minimum atomic E-state index is -1.37. The maximum Gasteiger partial charge on any atom is 0.322 e. The molecule has 2 aliphatic rings. The number of fused-ring (bicyclic) bond motifs is 2. The van der Waals surface area contributed by atoms with E-state index in [1.165, 1.54) is 0 Å². The summed E-state index contributed by atoms with van der Waals surface area (Å²) in [6, 6.07) is 4.58. The van der Waals surface area contributed by atoms with Crippen molar-refractivity contribution in [1.82, 2.24) is 10.6 Å². The number of nitrogens with one attached hydrogen (secondary N) is 2. The van der Waals surface area contributed by atoms with Gasteiger partial charge in [0.1, 0.15) is 5.75 Å². The van der Waals surface area contributed by atoms with Crippen LogP contribution in [0.4, 0.5) is 9.18 Å². The first kappa shape index (κ1) is 16.2. The number of ether oxygens (including phenoxy) is 1. The molecule has 2 unspecified atom stereocenters. The lowest BCUT2D eigenvalue weighted by Crippen LogP contribution is -2.53. The number of urea groups is 1. The van der Waals surface area contributed by atoms with Gasteiger partial charge in [0.2, 0.25) is 0 Å². The van der Waals surface area contributed by atoms with Gasteiger partial charge in [0.05, 0.1) is 6.67 Å². The Morgan fingerprint density at radius 1 is 1.38 bits per heavy atom. The molecule has 4 amide bonds. The average Bonchev–Trinajstić information content (AvgIpc) is 2.82. The molecular weight excluding hydrogens is 317 g/mol. The number of primary amides is 1. The van der Waals surface area contributed by atoms with Crippen molar-refractivity contribution in [1.29, 1.82) is 0 Å². The molecule has 8 heteroatoms. The number of alkyl halides is 1. The molecule has 2 atom stereocenters. The van der Waals surface area contributed by atoms with Crippen LogP contribution in [0, 0.1) is 0 Å². The predicted octanol–water partition coefficient (Wildman–Crippen LogP) is 0.650. The largest absolute Gasteiger partial charge is 0.480 e. The standard InChI is InChI=1S/C16H18FN3O4/c17-6-2-1-3-9-4-5-11-10(7-9)16(8-12(24-11)13(18)21)14(22)19-15(23)20-16/h4-5,7,12H,1-3,6,8H2,(H2,18,21)(H2,19,20,22,23). The number of amides is 4. The molecule has 2 aliphatic heterocycles. The fourth-order valence-corrected chi connectivity index (χ4v) is 3.16. The fourth-order valence-electron chi connectivity index (χ4n) is 3.16. The smallest absolute Gasteiger partial charge is 0.322 e. The molecule has 2 heterocycles. The van der Waals surface area contributed by atoms with E-state index in [9.17, 15) is 18.8 Å². The van der Waals surface area contributed by atoms with Gasteiger partial charge in [0.15, 0.2) is 11.6 Å². The van der Waals surface area contributed by atoms with Crippen LogP contribution in [0.15, 0.2) is 18.2 Å². The van der Waals surface area contributed by atoms with Gasteiger partial charge in [0.25, 0.3) is 11.8 Å². The second-order valence-electron chi connectivity index (χ2n) is 6.00. The lowest BCUT2D eigenvalue weighted by atomic mass is 9.80. The topological polar surface area (TPSA) is 111 Å². The molecule has 128 valence electrons. The van der Waals surface area contributed by atoms with Crippen LogP contribution in [0.5, 0.6) is 5.75 Å². The second kappa shape index (κ2) is 6.10. The molecule has 1 saturated heterocycles. The maximum atomic E-state index is 12.4. The summed E-state index contributed by atoms with van der Waals surface area (Å²) in [5.74, 6) is -0.915. The van der Waals surface area contributed by atoms with E-state index in [0.717, 1.165) is 5.56 Å². The summed E-state index contributed by atoms with van der Waals surface area (Å²) in [5, 5.41) is 4.81. The average molecular weight is 335 g/mol.